The van der Waals surface area contributed by atoms with Gasteiger partial charge in [-0.15, -0.1) is 0 Å². The van der Waals surface area contributed by atoms with Crippen LogP contribution in [0.4, 0.5) is 0 Å². The average molecular weight is 284 g/mol. The van der Waals surface area contributed by atoms with Gasteiger partial charge in [0.2, 0.25) is 0 Å². The maximum atomic E-state index is 12.2. The van der Waals surface area contributed by atoms with Crippen LogP contribution in [0.25, 0.3) is 0 Å². The molecule has 0 amide bonds. The van der Waals surface area contributed by atoms with E-state index in [4.69, 9.17) is 9.47 Å². The number of likely N-dealkylation sites (tertiary alicyclic amines) is 1. The molecule has 5 heteroatoms. The fourth-order valence-corrected chi connectivity index (χ4v) is 2.83. The van der Waals surface area contributed by atoms with Crippen molar-refractivity contribution >= 4 is 5.97 Å². The van der Waals surface area contributed by atoms with Crippen LogP contribution in [0.5, 0.6) is 0 Å². The molecule has 0 radical (unpaired) electrons. The highest BCUT2D eigenvalue weighted by Crippen LogP contribution is 2.20. The normalized spacial score (nSPS) is 25.9. The third-order valence-corrected chi connectivity index (χ3v) is 3.85. The summed E-state index contributed by atoms with van der Waals surface area (Å²) in [6.07, 6.45) is 2.02. The van der Waals surface area contributed by atoms with Gasteiger partial charge in [-0.1, -0.05) is 0 Å². The highest BCUT2D eigenvalue weighted by Gasteiger charge is 2.33. The first-order chi connectivity index (χ1) is 9.46. The molecule has 0 aliphatic carbocycles. The van der Waals surface area contributed by atoms with E-state index in [-0.39, 0.29) is 12.0 Å². The Hall–Kier alpha value is -0.650. The van der Waals surface area contributed by atoms with Crippen LogP contribution < -0.4 is 0 Å². The molecule has 2 saturated heterocycles. The smallest absolute Gasteiger partial charge is 0.323 e. The largest absolute Gasteiger partial charge is 0.459 e. The fraction of sp³-hybridized carbons (Fsp3) is 0.933. The molecule has 2 heterocycles. The Morgan fingerprint density at radius 2 is 1.90 bits per heavy atom. The lowest BCUT2D eigenvalue weighted by atomic mass is 10.1. The Kier molecular flexibility index (Phi) is 5.41. The van der Waals surface area contributed by atoms with E-state index < -0.39 is 5.60 Å². The minimum atomic E-state index is -0.393. The van der Waals surface area contributed by atoms with Crippen LogP contribution in [0.3, 0.4) is 0 Å². The van der Waals surface area contributed by atoms with Crippen molar-refractivity contribution in [1.29, 1.82) is 0 Å². The maximum Gasteiger partial charge on any atom is 0.323 e. The second-order valence-electron chi connectivity index (χ2n) is 6.68. The summed E-state index contributed by atoms with van der Waals surface area (Å²) in [6.45, 7) is 12.4. The standard InChI is InChI=1S/C15H28N2O3/c1-15(2,3)20-14(18)13-5-4-6-17(13)8-7-16-9-11-19-12-10-16/h13H,4-12H2,1-3H3/t13-/m0/s1. The predicted octanol–water partition coefficient (Wildman–Crippen LogP) is 1.12. The summed E-state index contributed by atoms with van der Waals surface area (Å²) < 4.78 is 10.9. The van der Waals surface area contributed by atoms with E-state index in [0.29, 0.717) is 0 Å². The number of hydrogen-bond donors (Lipinski definition) is 0. The Morgan fingerprint density at radius 3 is 2.55 bits per heavy atom. The number of morpholine rings is 1. The zero-order valence-electron chi connectivity index (χ0n) is 13.1. The number of ether oxygens (including phenoxy) is 2. The van der Waals surface area contributed by atoms with E-state index in [9.17, 15) is 4.79 Å². The second-order valence-corrected chi connectivity index (χ2v) is 6.68. The molecule has 0 unspecified atom stereocenters. The molecular formula is C15H28N2O3. The summed E-state index contributed by atoms with van der Waals surface area (Å²) in [6, 6.07) is -0.0461. The first-order valence-electron chi connectivity index (χ1n) is 7.73. The Bertz CT molecular complexity index is 322. The third-order valence-electron chi connectivity index (χ3n) is 3.85. The lowest BCUT2D eigenvalue weighted by molar-refractivity contribution is -0.160. The number of rotatable bonds is 4. The Labute approximate surface area is 122 Å². The minimum absolute atomic E-state index is 0.0461. The van der Waals surface area contributed by atoms with Crippen molar-refractivity contribution in [2.24, 2.45) is 0 Å². The maximum absolute atomic E-state index is 12.2. The molecule has 2 aliphatic rings. The molecule has 0 aromatic heterocycles. The molecule has 0 N–H and O–H groups in total. The van der Waals surface area contributed by atoms with Crippen molar-refractivity contribution in [2.45, 2.75) is 45.3 Å². The van der Waals surface area contributed by atoms with Gasteiger partial charge in [0.1, 0.15) is 11.6 Å². The van der Waals surface area contributed by atoms with Gasteiger partial charge in [-0.3, -0.25) is 14.6 Å². The van der Waals surface area contributed by atoms with Gasteiger partial charge in [0.25, 0.3) is 0 Å². The van der Waals surface area contributed by atoms with Crippen LogP contribution in [0.1, 0.15) is 33.6 Å². The van der Waals surface area contributed by atoms with Gasteiger partial charge >= 0.3 is 5.97 Å². The highest BCUT2D eigenvalue weighted by atomic mass is 16.6. The Morgan fingerprint density at radius 1 is 1.20 bits per heavy atom. The van der Waals surface area contributed by atoms with Crippen LogP contribution in [-0.4, -0.2) is 73.3 Å². The van der Waals surface area contributed by atoms with Crippen LogP contribution in [0, 0.1) is 0 Å². The molecule has 0 aromatic rings. The van der Waals surface area contributed by atoms with Gasteiger partial charge in [0, 0.05) is 26.2 Å². The number of nitrogens with zero attached hydrogens (tertiary/aromatic N) is 2. The first-order valence-corrected chi connectivity index (χ1v) is 7.73. The van der Waals surface area contributed by atoms with Crippen LogP contribution in [0.2, 0.25) is 0 Å². The van der Waals surface area contributed by atoms with E-state index in [2.05, 4.69) is 9.80 Å². The van der Waals surface area contributed by atoms with Crippen molar-refractivity contribution < 1.29 is 14.3 Å². The zero-order valence-corrected chi connectivity index (χ0v) is 13.1. The molecule has 0 saturated carbocycles. The van der Waals surface area contributed by atoms with E-state index >= 15 is 0 Å². The van der Waals surface area contributed by atoms with Gasteiger partial charge < -0.3 is 9.47 Å². The second kappa shape index (κ2) is 6.87. The Balaban J connectivity index is 1.79. The summed E-state index contributed by atoms with van der Waals surface area (Å²) in [5, 5.41) is 0. The number of hydrogen-bond acceptors (Lipinski definition) is 5. The molecule has 0 aromatic carbocycles. The van der Waals surface area contributed by atoms with Crippen LogP contribution in [0.15, 0.2) is 0 Å². The molecule has 0 bridgehead atoms. The van der Waals surface area contributed by atoms with Crippen LogP contribution in [-0.2, 0) is 14.3 Å². The SMILES string of the molecule is CC(C)(C)OC(=O)[C@@H]1CCCN1CCN1CCOCC1. The lowest BCUT2D eigenvalue weighted by Gasteiger charge is -2.31. The third kappa shape index (κ3) is 4.72. The van der Waals surface area contributed by atoms with E-state index in [1.165, 1.54) is 0 Å². The molecule has 0 spiro atoms. The van der Waals surface area contributed by atoms with Crippen molar-refractivity contribution in [1.82, 2.24) is 9.80 Å². The number of carbonyl (C=O) groups excluding carboxylic acids is 1. The lowest BCUT2D eigenvalue weighted by Crippen LogP contribution is -2.45. The molecule has 2 fully saturated rings. The monoisotopic (exact) mass is 284 g/mol. The van der Waals surface area contributed by atoms with Gasteiger partial charge in [-0.2, -0.15) is 0 Å². The van der Waals surface area contributed by atoms with E-state index in [1.807, 2.05) is 20.8 Å². The summed E-state index contributed by atoms with van der Waals surface area (Å²) in [7, 11) is 0. The van der Waals surface area contributed by atoms with Crippen LogP contribution >= 0.6 is 0 Å². The topological polar surface area (TPSA) is 42.0 Å². The summed E-state index contributed by atoms with van der Waals surface area (Å²) in [5.41, 5.74) is -0.393. The van der Waals surface area contributed by atoms with Gasteiger partial charge in [0.05, 0.1) is 13.2 Å². The van der Waals surface area contributed by atoms with Crippen molar-refractivity contribution in [3.63, 3.8) is 0 Å². The zero-order chi connectivity index (χ0) is 14.6. The number of carbonyl (C=O) groups is 1. The molecule has 20 heavy (non-hydrogen) atoms. The van der Waals surface area contributed by atoms with Gasteiger partial charge in [-0.05, 0) is 40.2 Å². The number of esters is 1. The predicted molar refractivity (Wildman–Crippen MR) is 77.7 cm³/mol. The van der Waals surface area contributed by atoms with Gasteiger partial charge in [-0.25, -0.2) is 0 Å². The molecule has 2 aliphatic heterocycles. The first kappa shape index (κ1) is 15.7. The molecule has 2 rings (SSSR count). The molecule has 1 atom stereocenters. The molecular weight excluding hydrogens is 256 g/mol. The van der Waals surface area contributed by atoms with Crippen molar-refractivity contribution in [3.8, 4) is 0 Å². The minimum Gasteiger partial charge on any atom is -0.459 e. The van der Waals surface area contributed by atoms with Crippen molar-refractivity contribution in [3.05, 3.63) is 0 Å². The molecule has 116 valence electrons. The fourth-order valence-electron chi connectivity index (χ4n) is 2.83. The highest BCUT2D eigenvalue weighted by molar-refractivity contribution is 5.76. The summed E-state index contributed by atoms with van der Waals surface area (Å²) in [5.74, 6) is -0.0584. The van der Waals surface area contributed by atoms with Gasteiger partial charge in [0.15, 0.2) is 0 Å². The molecule has 5 nitrogen and oxygen atoms in total. The average Bonchev–Trinajstić information content (AvgIpc) is 2.84. The summed E-state index contributed by atoms with van der Waals surface area (Å²) in [4.78, 5) is 16.9. The van der Waals surface area contributed by atoms with E-state index in [1.54, 1.807) is 0 Å². The quantitative estimate of drug-likeness (QED) is 0.724. The van der Waals surface area contributed by atoms with Crippen molar-refractivity contribution in [2.75, 3.05) is 45.9 Å². The summed E-state index contributed by atoms with van der Waals surface area (Å²) >= 11 is 0. The van der Waals surface area contributed by atoms with E-state index in [0.717, 1.165) is 58.8 Å².